The first-order valence-corrected chi connectivity index (χ1v) is 7.85. The number of nitrogens with zero attached hydrogens (tertiary/aromatic N) is 1. The molecule has 0 aliphatic heterocycles. The van der Waals surface area contributed by atoms with Crippen LogP contribution >= 0.6 is 0 Å². The highest BCUT2D eigenvalue weighted by molar-refractivity contribution is 5.69. The first-order chi connectivity index (χ1) is 9.97. The molecule has 0 saturated carbocycles. The zero-order chi connectivity index (χ0) is 16.1. The summed E-state index contributed by atoms with van der Waals surface area (Å²) in [6, 6.07) is 10.3. The van der Waals surface area contributed by atoms with E-state index in [0.717, 1.165) is 19.3 Å². The molecule has 0 aliphatic carbocycles. The Bertz CT molecular complexity index is 361. The van der Waals surface area contributed by atoms with E-state index in [1.165, 1.54) is 5.69 Å². The van der Waals surface area contributed by atoms with E-state index in [1.54, 1.807) is 0 Å². The van der Waals surface area contributed by atoms with Gasteiger partial charge in [-0.1, -0.05) is 45.4 Å². The van der Waals surface area contributed by atoms with Gasteiger partial charge in [-0.3, -0.25) is 4.79 Å². The van der Waals surface area contributed by atoms with Crippen molar-refractivity contribution < 1.29 is 9.53 Å². The largest absolute Gasteiger partial charge is 0.466 e. The summed E-state index contributed by atoms with van der Waals surface area (Å²) in [5.74, 6) is 0.571. The summed E-state index contributed by atoms with van der Waals surface area (Å²) in [7, 11) is 4.07. The number of anilines is 1. The molecule has 0 heterocycles. The van der Waals surface area contributed by atoms with Crippen LogP contribution in [0.1, 0.15) is 46.5 Å². The normalized spacial score (nSPS) is 9.81. The molecular weight excluding hydrogens is 262 g/mol. The van der Waals surface area contributed by atoms with Crippen LogP contribution in [0.15, 0.2) is 30.3 Å². The standard InChI is InChI=1S/C10H20O2.C8H11N/c1-4-5-6-10(11)12-8-7-9(2)3;1-9(2)8-6-4-3-5-7-8/h9H,4-8H2,1-3H3;3-7H,1-2H3. The van der Waals surface area contributed by atoms with Gasteiger partial charge in [0.1, 0.15) is 0 Å². The molecule has 0 spiro atoms. The predicted molar refractivity (Wildman–Crippen MR) is 90.7 cm³/mol. The molecule has 3 heteroatoms. The van der Waals surface area contributed by atoms with Gasteiger partial charge in [0.25, 0.3) is 0 Å². The summed E-state index contributed by atoms with van der Waals surface area (Å²) >= 11 is 0. The topological polar surface area (TPSA) is 29.5 Å². The maximum Gasteiger partial charge on any atom is 0.305 e. The lowest BCUT2D eigenvalue weighted by Gasteiger charge is -2.10. The number of carbonyl (C=O) groups excluding carboxylic acids is 1. The SMILES string of the molecule is CCCCC(=O)OCCC(C)C.CN(C)c1ccccc1. The third kappa shape index (κ3) is 12.0. The number of ether oxygens (including phenoxy) is 1. The van der Waals surface area contributed by atoms with E-state index in [4.69, 9.17) is 4.74 Å². The number of rotatable bonds is 7. The lowest BCUT2D eigenvalue weighted by atomic mass is 10.1. The monoisotopic (exact) mass is 293 g/mol. The van der Waals surface area contributed by atoms with E-state index < -0.39 is 0 Å². The summed E-state index contributed by atoms with van der Waals surface area (Å²) in [6.45, 7) is 6.90. The van der Waals surface area contributed by atoms with Gasteiger partial charge >= 0.3 is 5.97 Å². The lowest BCUT2D eigenvalue weighted by Crippen LogP contribution is -2.07. The molecule has 0 aromatic heterocycles. The van der Waals surface area contributed by atoms with Crippen LogP contribution in [-0.4, -0.2) is 26.7 Å². The number of para-hydroxylation sites is 1. The minimum atomic E-state index is -0.0440. The predicted octanol–water partition coefficient (Wildman–Crippen LogP) is 4.52. The average molecular weight is 293 g/mol. The van der Waals surface area contributed by atoms with Crippen LogP contribution in [0.4, 0.5) is 5.69 Å². The van der Waals surface area contributed by atoms with Gasteiger partial charge < -0.3 is 9.64 Å². The number of hydrogen-bond acceptors (Lipinski definition) is 3. The zero-order valence-electron chi connectivity index (χ0n) is 14.3. The van der Waals surface area contributed by atoms with Crippen molar-refractivity contribution in [1.29, 1.82) is 0 Å². The van der Waals surface area contributed by atoms with Crippen LogP contribution in [0.3, 0.4) is 0 Å². The van der Waals surface area contributed by atoms with Crippen LogP contribution in [0.25, 0.3) is 0 Å². The lowest BCUT2D eigenvalue weighted by molar-refractivity contribution is -0.144. The molecular formula is C18H31NO2. The Hall–Kier alpha value is -1.51. The maximum absolute atomic E-state index is 11.0. The summed E-state index contributed by atoms with van der Waals surface area (Å²) in [4.78, 5) is 13.0. The fraction of sp³-hybridized carbons (Fsp3) is 0.611. The summed E-state index contributed by atoms with van der Waals surface area (Å²) in [5.41, 5.74) is 1.25. The Kier molecular flexibility index (Phi) is 11.4. The fourth-order valence-electron chi connectivity index (χ4n) is 1.53. The molecule has 0 fully saturated rings. The van der Waals surface area contributed by atoms with Crippen molar-refractivity contribution in [3.63, 3.8) is 0 Å². The van der Waals surface area contributed by atoms with E-state index in [2.05, 4.69) is 37.8 Å². The number of benzene rings is 1. The molecule has 0 radical (unpaired) electrons. The van der Waals surface area contributed by atoms with E-state index in [-0.39, 0.29) is 5.97 Å². The molecule has 0 N–H and O–H groups in total. The van der Waals surface area contributed by atoms with E-state index in [1.807, 2.05) is 32.3 Å². The number of carbonyl (C=O) groups is 1. The molecule has 0 unspecified atom stereocenters. The smallest absolute Gasteiger partial charge is 0.305 e. The first-order valence-electron chi connectivity index (χ1n) is 7.85. The summed E-state index contributed by atoms with van der Waals surface area (Å²) in [6.07, 6.45) is 3.55. The zero-order valence-corrected chi connectivity index (χ0v) is 14.3. The number of hydrogen-bond donors (Lipinski definition) is 0. The fourth-order valence-corrected chi connectivity index (χ4v) is 1.53. The van der Waals surface area contributed by atoms with Gasteiger partial charge in [-0.25, -0.2) is 0 Å². The van der Waals surface area contributed by atoms with Gasteiger partial charge in [0.2, 0.25) is 0 Å². The van der Waals surface area contributed by atoms with Crippen molar-refractivity contribution in [3.8, 4) is 0 Å². The van der Waals surface area contributed by atoms with Gasteiger partial charge in [0.15, 0.2) is 0 Å². The maximum atomic E-state index is 11.0. The van der Waals surface area contributed by atoms with Gasteiger partial charge in [0.05, 0.1) is 6.61 Å². The molecule has 3 nitrogen and oxygen atoms in total. The molecule has 1 rings (SSSR count). The Labute approximate surface area is 130 Å². The number of unbranched alkanes of at least 4 members (excludes halogenated alkanes) is 1. The molecule has 120 valence electrons. The molecule has 0 atom stereocenters. The van der Waals surface area contributed by atoms with Crippen LogP contribution in [0.2, 0.25) is 0 Å². The third-order valence-electron chi connectivity index (χ3n) is 2.97. The summed E-state index contributed by atoms with van der Waals surface area (Å²) in [5, 5.41) is 0. The second kappa shape index (κ2) is 12.2. The van der Waals surface area contributed by atoms with Crippen molar-refractivity contribution in [3.05, 3.63) is 30.3 Å². The third-order valence-corrected chi connectivity index (χ3v) is 2.97. The quantitative estimate of drug-likeness (QED) is 0.692. The molecule has 1 aromatic rings. The number of esters is 1. The van der Waals surface area contributed by atoms with Gasteiger partial charge in [-0.05, 0) is 30.9 Å². The first kappa shape index (κ1) is 19.5. The minimum absolute atomic E-state index is 0.0440. The highest BCUT2D eigenvalue weighted by Gasteiger charge is 2.01. The van der Waals surface area contributed by atoms with Crippen LogP contribution in [0, 0.1) is 5.92 Å². The molecule has 0 bridgehead atoms. The highest BCUT2D eigenvalue weighted by Crippen LogP contribution is 2.07. The van der Waals surface area contributed by atoms with E-state index in [0.29, 0.717) is 18.9 Å². The van der Waals surface area contributed by atoms with E-state index >= 15 is 0 Å². The molecule has 0 amide bonds. The van der Waals surface area contributed by atoms with Crippen molar-refractivity contribution in [2.45, 2.75) is 46.5 Å². The highest BCUT2D eigenvalue weighted by atomic mass is 16.5. The second-order valence-corrected chi connectivity index (χ2v) is 5.74. The van der Waals surface area contributed by atoms with Crippen molar-refractivity contribution in [2.75, 3.05) is 25.6 Å². The summed E-state index contributed by atoms with van der Waals surface area (Å²) < 4.78 is 5.02. The minimum Gasteiger partial charge on any atom is -0.466 e. The molecule has 1 aromatic carbocycles. The van der Waals surface area contributed by atoms with Gasteiger partial charge in [0, 0.05) is 26.2 Å². The van der Waals surface area contributed by atoms with Gasteiger partial charge in [-0.15, -0.1) is 0 Å². The second-order valence-electron chi connectivity index (χ2n) is 5.74. The Morgan fingerprint density at radius 2 is 1.81 bits per heavy atom. The Morgan fingerprint density at radius 3 is 2.24 bits per heavy atom. The molecule has 0 aliphatic rings. The Balaban J connectivity index is 0.000000394. The van der Waals surface area contributed by atoms with Crippen LogP contribution < -0.4 is 4.90 Å². The van der Waals surface area contributed by atoms with Crippen molar-refractivity contribution in [1.82, 2.24) is 0 Å². The molecule has 21 heavy (non-hydrogen) atoms. The van der Waals surface area contributed by atoms with Gasteiger partial charge in [-0.2, -0.15) is 0 Å². The van der Waals surface area contributed by atoms with Crippen molar-refractivity contribution >= 4 is 11.7 Å². The van der Waals surface area contributed by atoms with E-state index in [9.17, 15) is 4.79 Å². The van der Waals surface area contributed by atoms with Crippen molar-refractivity contribution in [2.24, 2.45) is 5.92 Å². The van der Waals surface area contributed by atoms with Crippen LogP contribution in [0.5, 0.6) is 0 Å². The van der Waals surface area contributed by atoms with Crippen LogP contribution in [-0.2, 0) is 9.53 Å². The Morgan fingerprint density at radius 1 is 1.19 bits per heavy atom. The molecule has 0 saturated heterocycles. The average Bonchev–Trinajstić information content (AvgIpc) is 2.46.